The van der Waals surface area contributed by atoms with Crippen molar-refractivity contribution in [3.63, 3.8) is 0 Å². The summed E-state index contributed by atoms with van der Waals surface area (Å²) in [6.45, 7) is 0. The molecule has 2 atom stereocenters. The van der Waals surface area contributed by atoms with Crippen LogP contribution in [0.4, 0.5) is 11.4 Å². The molecule has 1 fully saturated rings. The minimum absolute atomic E-state index is 0.0600. The first-order valence-electron chi connectivity index (χ1n) is 7.64. The van der Waals surface area contributed by atoms with Crippen LogP contribution in [0, 0.1) is 0 Å². The van der Waals surface area contributed by atoms with Crippen LogP contribution in [0.25, 0.3) is 0 Å². The van der Waals surface area contributed by atoms with Gasteiger partial charge in [-0.05, 0) is 48.5 Å². The second-order valence-electron chi connectivity index (χ2n) is 6.06. The van der Waals surface area contributed by atoms with Gasteiger partial charge in [0.05, 0.1) is 34.2 Å². The molecule has 2 aromatic rings. The number of nitrogens with zero attached hydrogens (tertiary/aromatic N) is 1. The maximum absolute atomic E-state index is 13.2. The summed E-state index contributed by atoms with van der Waals surface area (Å²) in [6, 6.07) is 10.3. The Labute approximate surface area is 157 Å². The van der Waals surface area contributed by atoms with E-state index in [2.05, 4.69) is 0 Å². The summed E-state index contributed by atoms with van der Waals surface area (Å²) < 4.78 is 51.2. The highest BCUT2D eigenvalue weighted by atomic mass is 35.5. The van der Waals surface area contributed by atoms with Gasteiger partial charge in [0, 0.05) is 10.7 Å². The fourth-order valence-corrected chi connectivity index (χ4v) is 6.55. The predicted molar refractivity (Wildman–Crippen MR) is 100 cm³/mol. The van der Waals surface area contributed by atoms with Crippen LogP contribution >= 0.6 is 11.6 Å². The van der Waals surface area contributed by atoms with E-state index in [4.69, 9.17) is 17.3 Å². The SMILES string of the molecule is Nc1ccc(N([C@H]2CS(=O)(=O)C[C@H]2O)S(=O)(=O)c2ccc(Cl)cc2)cc1. The Morgan fingerprint density at radius 3 is 2.12 bits per heavy atom. The van der Waals surface area contributed by atoms with Crippen LogP contribution in [0.1, 0.15) is 0 Å². The monoisotopic (exact) mass is 416 g/mol. The fourth-order valence-electron chi connectivity index (χ4n) is 2.88. The zero-order valence-electron chi connectivity index (χ0n) is 13.5. The molecule has 0 spiro atoms. The van der Waals surface area contributed by atoms with Crippen molar-refractivity contribution in [1.29, 1.82) is 0 Å². The van der Waals surface area contributed by atoms with Gasteiger partial charge in [-0.2, -0.15) is 0 Å². The summed E-state index contributed by atoms with van der Waals surface area (Å²) in [5.74, 6) is -0.954. The van der Waals surface area contributed by atoms with E-state index in [9.17, 15) is 21.9 Å². The Morgan fingerprint density at radius 2 is 1.62 bits per heavy atom. The molecule has 140 valence electrons. The molecule has 0 aromatic heterocycles. The lowest BCUT2D eigenvalue weighted by atomic mass is 10.2. The number of hydrogen-bond acceptors (Lipinski definition) is 6. The highest BCUT2D eigenvalue weighted by Crippen LogP contribution is 2.32. The molecule has 7 nitrogen and oxygen atoms in total. The molecule has 1 heterocycles. The first kappa shape index (κ1) is 19.0. The molecule has 0 bridgehead atoms. The first-order chi connectivity index (χ1) is 12.1. The van der Waals surface area contributed by atoms with Gasteiger partial charge in [-0.1, -0.05) is 11.6 Å². The number of hydrogen-bond donors (Lipinski definition) is 2. The highest BCUT2D eigenvalue weighted by Gasteiger charge is 2.45. The Bertz CT molecular complexity index is 1010. The summed E-state index contributed by atoms with van der Waals surface area (Å²) in [5, 5.41) is 10.6. The zero-order chi connectivity index (χ0) is 19.1. The van der Waals surface area contributed by atoms with Gasteiger partial charge in [0.25, 0.3) is 10.0 Å². The molecule has 0 radical (unpaired) electrons. The van der Waals surface area contributed by atoms with E-state index in [0.717, 1.165) is 4.31 Å². The van der Waals surface area contributed by atoms with Crippen LogP contribution in [-0.4, -0.2) is 45.6 Å². The summed E-state index contributed by atoms with van der Waals surface area (Å²) in [4.78, 5) is -0.0600. The topological polar surface area (TPSA) is 118 Å². The average molecular weight is 417 g/mol. The van der Waals surface area contributed by atoms with Crippen LogP contribution in [0.5, 0.6) is 0 Å². The third-order valence-electron chi connectivity index (χ3n) is 4.11. The molecule has 26 heavy (non-hydrogen) atoms. The van der Waals surface area contributed by atoms with Crippen LogP contribution < -0.4 is 10.0 Å². The Hall–Kier alpha value is -1.81. The molecule has 1 aliphatic heterocycles. The Morgan fingerprint density at radius 1 is 1.04 bits per heavy atom. The number of nitrogens with two attached hydrogens (primary N) is 1. The second kappa shape index (κ2) is 6.73. The lowest BCUT2D eigenvalue weighted by molar-refractivity contribution is 0.184. The number of benzene rings is 2. The fraction of sp³-hybridized carbons (Fsp3) is 0.250. The molecule has 1 saturated heterocycles. The molecule has 3 rings (SSSR count). The quantitative estimate of drug-likeness (QED) is 0.725. The minimum Gasteiger partial charge on any atom is -0.399 e. The van der Waals surface area contributed by atoms with E-state index in [-0.39, 0.29) is 10.6 Å². The maximum atomic E-state index is 13.2. The number of rotatable bonds is 4. The van der Waals surface area contributed by atoms with Crippen LogP contribution in [0.3, 0.4) is 0 Å². The number of aliphatic hydroxyl groups is 1. The van der Waals surface area contributed by atoms with Crippen LogP contribution in [0.15, 0.2) is 53.4 Å². The number of sulfonamides is 1. The van der Waals surface area contributed by atoms with Gasteiger partial charge in [0.1, 0.15) is 0 Å². The summed E-state index contributed by atoms with van der Waals surface area (Å²) >= 11 is 5.82. The zero-order valence-corrected chi connectivity index (χ0v) is 15.9. The van der Waals surface area contributed by atoms with Gasteiger partial charge in [-0.15, -0.1) is 0 Å². The van der Waals surface area contributed by atoms with E-state index in [1.54, 1.807) is 0 Å². The van der Waals surface area contributed by atoms with E-state index in [1.807, 2.05) is 0 Å². The van der Waals surface area contributed by atoms with Gasteiger partial charge in [-0.25, -0.2) is 16.8 Å². The van der Waals surface area contributed by atoms with Crippen molar-refractivity contribution >= 4 is 42.8 Å². The number of anilines is 2. The third kappa shape index (κ3) is 3.66. The van der Waals surface area contributed by atoms with E-state index >= 15 is 0 Å². The van der Waals surface area contributed by atoms with Crippen molar-refractivity contribution in [2.24, 2.45) is 0 Å². The van der Waals surface area contributed by atoms with Crippen LogP contribution in [-0.2, 0) is 19.9 Å². The van der Waals surface area contributed by atoms with Gasteiger partial charge in [0.2, 0.25) is 0 Å². The molecule has 1 aliphatic rings. The maximum Gasteiger partial charge on any atom is 0.264 e. The molecule has 3 N–H and O–H groups in total. The van der Waals surface area contributed by atoms with Gasteiger partial charge >= 0.3 is 0 Å². The summed E-state index contributed by atoms with van der Waals surface area (Å²) in [7, 11) is -7.70. The van der Waals surface area contributed by atoms with Crippen molar-refractivity contribution in [2.45, 2.75) is 17.0 Å². The second-order valence-corrected chi connectivity index (χ2v) is 10.5. The van der Waals surface area contributed by atoms with Crippen molar-refractivity contribution in [1.82, 2.24) is 0 Å². The molecule has 10 heteroatoms. The van der Waals surface area contributed by atoms with Crippen LogP contribution in [0.2, 0.25) is 5.02 Å². The molecule has 0 saturated carbocycles. The molecule has 0 amide bonds. The minimum atomic E-state index is -4.14. The molecular weight excluding hydrogens is 400 g/mol. The molecule has 0 aliphatic carbocycles. The number of aliphatic hydroxyl groups excluding tert-OH is 1. The molecule has 2 aromatic carbocycles. The number of nitrogen functional groups attached to an aromatic ring is 1. The molecule has 0 unspecified atom stereocenters. The van der Waals surface area contributed by atoms with E-state index in [1.165, 1.54) is 48.5 Å². The highest BCUT2D eigenvalue weighted by molar-refractivity contribution is 7.93. The standard InChI is InChI=1S/C16H17ClN2O5S2/c17-11-1-7-14(8-2-11)26(23,24)19(13-5-3-12(18)4-6-13)15-9-25(21,22)10-16(15)20/h1-8,15-16,20H,9-10,18H2/t15-,16+/m0/s1. The Kier molecular flexibility index (Phi) is 4.91. The van der Waals surface area contributed by atoms with Gasteiger partial charge < -0.3 is 10.8 Å². The summed E-state index contributed by atoms with van der Waals surface area (Å²) in [5.41, 5.74) is 6.31. The predicted octanol–water partition coefficient (Wildman–Crippen LogP) is 1.28. The van der Waals surface area contributed by atoms with Crippen molar-refractivity contribution in [3.8, 4) is 0 Å². The average Bonchev–Trinajstić information content (AvgIpc) is 2.82. The summed E-state index contributed by atoms with van der Waals surface area (Å²) in [6.07, 6.45) is -1.33. The van der Waals surface area contributed by atoms with Crippen molar-refractivity contribution in [2.75, 3.05) is 21.5 Å². The number of halogens is 1. The smallest absolute Gasteiger partial charge is 0.264 e. The van der Waals surface area contributed by atoms with E-state index < -0.39 is 43.5 Å². The van der Waals surface area contributed by atoms with E-state index in [0.29, 0.717) is 10.7 Å². The lowest BCUT2D eigenvalue weighted by Crippen LogP contribution is -2.47. The Balaban J connectivity index is 2.14. The van der Waals surface area contributed by atoms with Gasteiger partial charge in [-0.3, -0.25) is 4.31 Å². The number of sulfone groups is 1. The normalized spacial score (nSPS) is 22.2. The first-order valence-corrected chi connectivity index (χ1v) is 11.3. The van der Waals surface area contributed by atoms with Crippen molar-refractivity contribution < 1.29 is 21.9 Å². The lowest BCUT2D eigenvalue weighted by Gasteiger charge is -2.31. The third-order valence-corrected chi connectivity index (χ3v) is 7.93. The van der Waals surface area contributed by atoms with Gasteiger partial charge in [0.15, 0.2) is 9.84 Å². The molecular formula is C16H17ClN2O5S2. The van der Waals surface area contributed by atoms with Crippen molar-refractivity contribution in [3.05, 3.63) is 53.6 Å². The largest absolute Gasteiger partial charge is 0.399 e.